The molecule has 2 atom stereocenters. The standard InChI is InChI=1S/C41H76NO8P/c1-3-5-7-9-11-13-15-17-18-19-20-22-23-25-27-29-31-33-40(43)47-37-39(38-49-51(45,46)48-36-35-42)50-41(44)34-32-30-28-26-24-21-16-14-12-10-8-6-4-2/h14,16,20,22,25,27,39H,3-13,15,17-19,21,23-24,26,28-38,42H2,1-2H3,(H,45,46)/b16-14+,22-20+,27-25+/t39-/m1/s1. The third-order valence-corrected chi connectivity index (χ3v) is 9.48. The Labute approximate surface area is 312 Å². The van der Waals surface area contributed by atoms with Crippen LogP contribution in [0.2, 0.25) is 0 Å². The summed E-state index contributed by atoms with van der Waals surface area (Å²) >= 11 is 0. The molecule has 0 saturated carbocycles. The lowest BCUT2D eigenvalue weighted by molar-refractivity contribution is -0.161. The molecule has 0 fully saturated rings. The molecule has 0 amide bonds. The van der Waals surface area contributed by atoms with Gasteiger partial charge in [-0.05, 0) is 64.2 Å². The summed E-state index contributed by atoms with van der Waals surface area (Å²) in [6.07, 6.45) is 40.4. The van der Waals surface area contributed by atoms with Gasteiger partial charge in [-0.15, -0.1) is 0 Å². The Kier molecular flexibility index (Phi) is 36.7. The van der Waals surface area contributed by atoms with Gasteiger partial charge < -0.3 is 20.1 Å². The molecule has 298 valence electrons. The predicted molar refractivity (Wildman–Crippen MR) is 210 cm³/mol. The molecule has 0 radical (unpaired) electrons. The zero-order valence-corrected chi connectivity index (χ0v) is 33.5. The van der Waals surface area contributed by atoms with E-state index in [0.717, 1.165) is 51.4 Å². The van der Waals surface area contributed by atoms with Gasteiger partial charge in [-0.1, -0.05) is 140 Å². The van der Waals surface area contributed by atoms with Crippen molar-refractivity contribution in [2.75, 3.05) is 26.4 Å². The van der Waals surface area contributed by atoms with Gasteiger partial charge in [0.05, 0.1) is 13.2 Å². The normalized spacial score (nSPS) is 13.7. The smallest absolute Gasteiger partial charge is 0.462 e. The molecular formula is C41H76NO8P. The number of hydrogen-bond donors (Lipinski definition) is 2. The third kappa shape index (κ3) is 37.8. The van der Waals surface area contributed by atoms with Crippen LogP contribution < -0.4 is 5.73 Å². The van der Waals surface area contributed by atoms with E-state index in [1.54, 1.807) is 0 Å². The van der Waals surface area contributed by atoms with Crippen molar-refractivity contribution in [3.8, 4) is 0 Å². The molecule has 0 bridgehead atoms. The molecule has 0 aliphatic rings. The molecule has 1 unspecified atom stereocenters. The van der Waals surface area contributed by atoms with Crippen LogP contribution in [0.15, 0.2) is 36.5 Å². The first kappa shape index (κ1) is 49.2. The van der Waals surface area contributed by atoms with Crippen LogP contribution in [-0.2, 0) is 32.7 Å². The summed E-state index contributed by atoms with van der Waals surface area (Å²) in [5.41, 5.74) is 5.33. The molecule has 0 aromatic rings. The Morgan fingerprint density at radius 1 is 0.588 bits per heavy atom. The quantitative estimate of drug-likeness (QED) is 0.0274. The van der Waals surface area contributed by atoms with Gasteiger partial charge in [0.15, 0.2) is 6.10 Å². The van der Waals surface area contributed by atoms with Crippen LogP contribution in [0.1, 0.15) is 181 Å². The maximum Gasteiger partial charge on any atom is 0.472 e. The van der Waals surface area contributed by atoms with Crippen molar-refractivity contribution < 1.29 is 37.6 Å². The molecule has 0 heterocycles. The third-order valence-electron chi connectivity index (χ3n) is 8.50. The zero-order valence-electron chi connectivity index (χ0n) is 32.6. The number of unbranched alkanes of at least 4 members (excludes halogenated alkanes) is 19. The highest BCUT2D eigenvalue weighted by Gasteiger charge is 2.25. The van der Waals surface area contributed by atoms with Crippen LogP contribution in [0.3, 0.4) is 0 Å². The van der Waals surface area contributed by atoms with Crippen molar-refractivity contribution in [2.45, 2.75) is 187 Å². The lowest BCUT2D eigenvalue weighted by Gasteiger charge is -2.19. The second-order valence-corrected chi connectivity index (χ2v) is 14.9. The summed E-state index contributed by atoms with van der Waals surface area (Å²) in [5, 5.41) is 0. The topological polar surface area (TPSA) is 134 Å². The Morgan fingerprint density at radius 2 is 1.04 bits per heavy atom. The summed E-state index contributed by atoms with van der Waals surface area (Å²) in [6, 6.07) is 0. The molecule has 51 heavy (non-hydrogen) atoms. The number of allylic oxidation sites excluding steroid dienone is 6. The van der Waals surface area contributed by atoms with E-state index in [2.05, 4.69) is 50.3 Å². The monoisotopic (exact) mass is 742 g/mol. The first-order valence-corrected chi connectivity index (χ1v) is 22.0. The second kappa shape index (κ2) is 38.0. The van der Waals surface area contributed by atoms with Crippen LogP contribution in [0.25, 0.3) is 0 Å². The minimum Gasteiger partial charge on any atom is -0.462 e. The first-order valence-electron chi connectivity index (χ1n) is 20.5. The molecule has 0 aliphatic heterocycles. The number of phosphoric acid groups is 1. The fraction of sp³-hybridized carbons (Fsp3) is 0.805. The molecule has 10 heteroatoms. The fourth-order valence-corrected chi connectivity index (χ4v) is 6.20. The summed E-state index contributed by atoms with van der Waals surface area (Å²) in [4.78, 5) is 34.7. The first-order chi connectivity index (χ1) is 24.8. The Hall–Kier alpha value is -1.77. The molecule has 0 aromatic heterocycles. The van der Waals surface area contributed by atoms with E-state index < -0.39 is 32.5 Å². The number of carbonyl (C=O) groups excluding carboxylic acids is 2. The molecular weight excluding hydrogens is 665 g/mol. The Balaban J connectivity index is 4.25. The number of esters is 2. The SMILES string of the molecule is CCCCCC/C=C/CCCCCCCC(=O)O[C@H](COC(=O)CCC/C=C/C/C=C/CCCCCCCCCCC)COP(=O)(O)OCCN. The highest BCUT2D eigenvalue weighted by atomic mass is 31.2. The van der Waals surface area contributed by atoms with Crippen molar-refractivity contribution in [1.82, 2.24) is 0 Å². The van der Waals surface area contributed by atoms with Crippen LogP contribution in [-0.4, -0.2) is 49.3 Å². The number of hydrogen-bond acceptors (Lipinski definition) is 8. The van der Waals surface area contributed by atoms with E-state index in [-0.39, 0.29) is 32.6 Å². The summed E-state index contributed by atoms with van der Waals surface area (Å²) in [6.45, 7) is 3.65. The summed E-state index contributed by atoms with van der Waals surface area (Å²) < 4.78 is 32.6. The van der Waals surface area contributed by atoms with E-state index in [4.69, 9.17) is 24.3 Å². The molecule has 0 rings (SSSR count). The number of nitrogens with two attached hydrogens (primary N) is 1. The predicted octanol–water partition coefficient (Wildman–Crippen LogP) is 11.4. The van der Waals surface area contributed by atoms with Gasteiger partial charge in [0.1, 0.15) is 6.61 Å². The van der Waals surface area contributed by atoms with Crippen molar-refractivity contribution in [3.63, 3.8) is 0 Å². The lowest BCUT2D eigenvalue weighted by Crippen LogP contribution is -2.29. The Morgan fingerprint density at radius 3 is 1.59 bits per heavy atom. The molecule has 3 N–H and O–H groups in total. The average Bonchev–Trinajstić information content (AvgIpc) is 3.11. The van der Waals surface area contributed by atoms with Crippen molar-refractivity contribution >= 4 is 19.8 Å². The van der Waals surface area contributed by atoms with Gasteiger partial charge in [-0.25, -0.2) is 4.57 Å². The van der Waals surface area contributed by atoms with E-state index in [9.17, 15) is 19.0 Å². The van der Waals surface area contributed by atoms with Crippen LogP contribution in [0, 0.1) is 0 Å². The van der Waals surface area contributed by atoms with Crippen LogP contribution >= 0.6 is 7.82 Å². The van der Waals surface area contributed by atoms with Gasteiger partial charge in [0.2, 0.25) is 0 Å². The highest BCUT2D eigenvalue weighted by Crippen LogP contribution is 2.43. The minimum absolute atomic E-state index is 0.0467. The zero-order chi connectivity index (χ0) is 37.5. The van der Waals surface area contributed by atoms with Gasteiger partial charge in [0.25, 0.3) is 0 Å². The summed E-state index contributed by atoms with van der Waals surface area (Å²) in [7, 11) is -4.38. The molecule has 0 aromatic carbocycles. The maximum atomic E-state index is 12.5. The minimum atomic E-state index is -4.38. The number of phosphoric ester groups is 1. The van der Waals surface area contributed by atoms with Crippen molar-refractivity contribution in [1.29, 1.82) is 0 Å². The maximum absolute atomic E-state index is 12.5. The van der Waals surface area contributed by atoms with Crippen molar-refractivity contribution in [2.24, 2.45) is 5.73 Å². The average molecular weight is 742 g/mol. The fourth-order valence-electron chi connectivity index (χ4n) is 5.43. The largest absolute Gasteiger partial charge is 0.472 e. The van der Waals surface area contributed by atoms with Crippen molar-refractivity contribution in [3.05, 3.63) is 36.5 Å². The van der Waals surface area contributed by atoms with E-state index >= 15 is 0 Å². The molecule has 9 nitrogen and oxygen atoms in total. The molecule has 0 saturated heterocycles. The molecule has 0 spiro atoms. The number of rotatable bonds is 38. The van der Waals surface area contributed by atoms with Gasteiger partial charge in [-0.3, -0.25) is 18.6 Å². The van der Waals surface area contributed by atoms with E-state index in [1.165, 1.54) is 89.9 Å². The van der Waals surface area contributed by atoms with Gasteiger partial charge in [-0.2, -0.15) is 0 Å². The summed E-state index contributed by atoms with van der Waals surface area (Å²) in [5.74, 6) is -0.892. The highest BCUT2D eigenvalue weighted by molar-refractivity contribution is 7.47. The Bertz CT molecular complexity index is 939. The number of carbonyl (C=O) groups is 2. The van der Waals surface area contributed by atoms with E-state index in [0.29, 0.717) is 12.8 Å². The van der Waals surface area contributed by atoms with E-state index in [1.807, 2.05) is 0 Å². The molecule has 0 aliphatic carbocycles. The second-order valence-electron chi connectivity index (χ2n) is 13.5. The lowest BCUT2D eigenvalue weighted by atomic mass is 10.1. The van der Waals surface area contributed by atoms with Gasteiger partial charge >= 0.3 is 19.8 Å². The number of ether oxygens (including phenoxy) is 2. The van der Waals surface area contributed by atoms with Gasteiger partial charge in [0, 0.05) is 19.4 Å². The van der Waals surface area contributed by atoms with Crippen LogP contribution in [0.5, 0.6) is 0 Å². The van der Waals surface area contributed by atoms with Crippen LogP contribution in [0.4, 0.5) is 0 Å².